The number of hydrogen-bond acceptors (Lipinski definition) is 1. The molecule has 1 amide bonds. The zero-order valence-electron chi connectivity index (χ0n) is 9.10. The van der Waals surface area contributed by atoms with E-state index in [-0.39, 0.29) is 11.4 Å². The standard InChI is InChI=1S/C12H12Br3NO/c13-7-12(4-1-5-12)16-11(17)9-6-8(14)2-3-10(9)15/h2-3,6H,1,4-5,7H2,(H,16,17). The third kappa shape index (κ3) is 2.93. The number of carbonyl (C=O) groups excluding carboxylic acids is 1. The Bertz CT molecular complexity index is 438. The fourth-order valence-corrected chi connectivity index (χ4v) is 3.36. The predicted octanol–water partition coefficient (Wildman–Crippen LogP) is 4.26. The highest BCUT2D eigenvalue weighted by Crippen LogP contribution is 2.34. The van der Waals surface area contributed by atoms with Gasteiger partial charge in [0.05, 0.1) is 11.1 Å². The highest BCUT2D eigenvalue weighted by molar-refractivity contribution is 9.11. The molecule has 1 aliphatic carbocycles. The summed E-state index contributed by atoms with van der Waals surface area (Å²) in [6.45, 7) is 0. The van der Waals surface area contributed by atoms with Gasteiger partial charge in [-0.3, -0.25) is 4.79 Å². The molecule has 2 nitrogen and oxygen atoms in total. The summed E-state index contributed by atoms with van der Waals surface area (Å²) in [5, 5.41) is 3.94. The van der Waals surface area contributed by atoms with E-state index in [4.69, 9.17) is 0 Å². The van der Waals surface area contributed by atoms with Crippen LogP contribution in [0.3, 0.4) is 0 Å². The van der Waals surface area contributed by atoms with Crippen LogP contribution in [0.5, 0.6) is 0 Å². The summed E-state index contributed by atoms with van der Waals surface area (Å²) in [4.78, 5) is 12.2. The monoisotopic (exact) mass is 423 g/mol. The number of benzene rings is 1. The average molecular weight is 426 g/mol. The van der Waals surface area contributed by atoms with Crippen LogP contribution in [-0.4, -0.2) is 16.8 Å². The lowest BCUT2D eigenvalue weighted by Crippen LogP contribution is -2.54. The smallest absolute Gasteiger partial charge is 0.252 e. The zero-order valence-corrected chi connectivity index (χ0v) is 13.9. The van der Waals surface area contributed by atoms with E-state index in [1.807, 2.05) is 18.2 Å². The highest BCUT2D eigenvalue weighted by Gasteiger charge is 2.37. The van der Waals surface area contributed by atoms with Gasteiger partial charge >= 0.3 is 0 Å². The van der Waals surface area contributed by atoms with Gasteiger partial charge in [-0.1, -0.05) is 31.9 Å². The fourth-order valence-electron chi connectivity index (χ4n) is 1.88. The highest BCUT2D eigenvalue weighted by atomic mass is 79.9. The van der Waals surface area contributed by atoms with Crippen molar-refractivity contribution in [2.24, 2.45) is 0 Å². The average Bonchev–Trinajstić information content (AvgIpc) is 2.26. The molecule has 0 atom stereocenters. The van der Waals surface area contributed by atoms with Crippen molar-refractivity contribution >= 4 is 53.7 Å². The van der Waals surface area contributed by atoms with Gasteiger partial charge in [-0.2, -0.15) is 0 Å². The number of amides is 1. The van der Waals surface area contributed by atoms with Crippen molar-refractivity contribution in [3.05, 3.63) is 32.7 Å². The first-order valence-electron chi connectivity index (χ1n) is 5.40. The maximum Gasteiger partial charge on any atom is 0.252 e. The van der Waals surface area contributed by atoms with Crippen LogP contribution >= 0.6 is 47.8 Å². The normalized spacial score (nSPS) is 17.4. The van der Waals surface area contributed by atoms with Crippen molar-refractivity contribution in [1.29, 1.82) is 0 Å². The maximum absolute atomic E-state index is 12.2. The predicted molar refractivity (Wildman–Crippen MR) is 79.7 cm³/mol. The second-order valence-electron chi connectivity index (χ2n) is 4.35. The molecule has 0 aliphatic heterocycles. The Morgan fingerprint density at radius 3 is 2.59 bits per heavy atom. The van der Waals surface area contributed by atoms with E-state index in [2.05, 4.69) is 53.1 Å². The Morgan fingerprint density at radius 1 is 1.35 bits per heavy atom. The molecule has 5 heteroatoms. The summed E-state index contributed by atoms with van der Waals surface area (Å²) in [5.41, 5.74) is 0.630. The van der Waals surface area contributed by atoms with Crippen molar-refractivity contribution in [3.63, 3.8) is 0 Å². The first kappa shape index (κ1) is 13.6. The van der Waals surface area contributed by atoms with E-state index >= 15 is 0 Å². The molecule has 1 aliphatic rings. The van der Waals surface area contributed by atoms with Crippen LogP contribution in [0.2, 0.25) is 0 Å². The third-order valence-electron chi connectivity index (χ3n) is 3.12. The number of halogens is 3. The molecule has 1 saturated carbocycles. The number of hydrogen-bond donors (Lipinski definition) is 1. The largest absolute Gasteiger partial charge is 0.346 e. The van der Waals surface area contributed by atoms with E-state index < -0.39 is 0 Å². The van der Waals surface area contributed by atoms with Crippen molar-refractivity contribution in [1.82, 2.24) is 5.32 Å². The van der Waals surface area contributed by atoms with E-state index in [1.54, 1.807) is 0 Å². The number of nitrogens with one attached hydrogen (secondary N) is 1. The molecular weight excluding hydrogens is 414 g/mol. The molecule has 0 aromatic heterocycles. The lowest BCUT2D eigenvalue weighted by molar-refractivity contribution is 0.0855. The fraction of sp³-hybridized carbons (Fsp3) is 0.417. The van der Waals surface area contributed by atoms with Crippen molar-refractivity contribution in [2.75, 3.05) is 5.33 Å². The Labute approximate surface area is 126 Å². The first-order chi connectivity index (χ1) is 8.06. The van der Waals surface area contributed by atoms with Gasteiger partial charge in [0.1, 0.15) is 0 Å². The van der Waals surface area contributed by atoms with Crippen LogP contribution in [0.15, 0.2) is 27.1 Å². The Kier molecular flexibility index (Phi) is 4.31. The first-order valence-corrected chi connectivity index (χ1v) is 8.11. The minimum atomic E-state index is -0.0428. The molecule has 1 aromatic carbocycles. The third-order valence-corrected chi connectivity index (χ3v) is 5.38. The van der Waals surface area contributed by atoms with Gasteiger partial charge < -0.3 is 5.32 Å². The minimum absolute atomic E-state index is 0.0164. The van der Waals surface area contributed by atoms with Crippen LogP contribution in [0.1, 0.15) is 29.6 Å². The SMILES string of the molecule is O=C(NC1(CBr)CCC1)c1cc(Br)ccc1Br. The van der Waals surface area contributed by atoms with Gasteiger partial charge in [-0.15, -0.1) is 0 Å². The molecule has 92 valence electrons. The van der Waals surface area contributed by atoms with E-state index in [1.165, 1.54) is 6.42 Å². The topological polar surface area (TPSA) is 29.1 Å². The Hall–Kier alpha value is 0.130. The van der Waals surface area contributed by atoms with Crippen molar-refractivity contribution in [3.8, 4) is 0 Å². The number of alkyl halides is 1. The summed E-state index contributed by atoms with van der Waals surface area (Å²) in [6.07, 6.45) is 3.29. The van der Waals surface area contributed by atoms with Gasteiger partial charge in [-0.25, -0.2) is 0 Å². The molecule has 17 heavy (non-hydrogen) atoms. The Morgan fingerprint density at radius 2 is 2.06 bits per heavy atom. The molecule has 0 spiro atoms. The van der Waals surface area contributed by atoms with Crippen LogP contribution in [0.25, 0.3) is 0 Å². The zero-order chi connectivity index (χ0) is 12.5. The molecule has 1 aromatic rings. The molecule has 0 bridgehead atoms. The summed E-state index contributed by atoms with van der Waals surface area (Å²) >= 11 is 10.3. The molecular formula is C12H12Br3NO. The molecule has 2 rings (SSSR count). The molecule has 0 saturated heterocycles. The van der Waals surface area contributed by atoms with Gasteiger partial charge in [-0.05, 0) is 53.4 Å². The second-order valence-corrected chi connectivity index (χ2v) is 6.68. The van der Waals surface area contributed by atoms with E-state index in [0.717, 1.165) is 27.1 Å². The van der Waals surface area contributed by atoms with Gasteiger partial charge in [0.15, 0.2) is 0 Å². The van der Waals surface area contributed by atoms with Crippen LogP contribution in [-0.2, 0) is 0 Å². The molecule has 0 heterocycles. The Balaban J connectivity index is 2.17. The maximum atomic E-state index is 12.2. The quantitative estimate of drug-likeness (QED) is 0.720. The van der Waals surface area contributed by atoms with E-state index in [0.29, 0.717) is 5.56 Å². The van der Waals surface area contributed by atoms with Crippen molar-refractivity contribution < 1.29 is 4.79 Å². The summed E-state index contributed by atoms with van der Waals surface area (Å²) in [7, 11) is 0. The van der Waals surface area contributed by atoms with Crippen LogP contribution in [0.4, 0.5) is 0 Å². The minimum Gasteiger partial charge on any atom is -0.346 e. The van der Waals surface area contributed by atoms with Crippen LogP contribution in [0, 0.1) is 0 Å². The molecule has 1 fully saturated rings. The lowest BCUT2D eigenvalue weighted by Gasteiger charge is -2.41. The number of carbonyl (C=O) groups is 1. The summed E-state index contributed by atoms with van der Waals surface area (Å²) in [6, 6.07) is 5.62. The van der Waals surface area contributed by atoms with Gasteiger partial charge in [0.2, 0.25) is 0 Å². The molecule has 0 unspecified atom stereocenters. The van der Waals surface area contributed by atoms with Crippen LogP contribution < -0.4 is 5.32 Å². The van der Waals surface area contributed by atoms with E-state index in [9.17, 15) is 4.79 Å². The lowest BCUT2D eigenvalue weighted by atomic mass is 9.78. The van der Waals surface area contributed by atoms with Gasteiger partial charge in [0.25, 0.3) is 5.91 Å². The second kappa shape index (κ2) is 5.41. The van der Waals surface area contributed by atoms with Gasteiger partial charge in [0, 0.05) is 14.3 Å². The van der Waals surface area contributed by atoms with Crippen molar-refractivity contribution in [2.45, 2.75) is 24.8 Å². The molecule has 0 radical (unpaired) electrons. The number of rotatable bonds is 3. The summed E-state index contributed by atoms with van der Waals surface area (Å²) in [5.74, 6) is -0.0164. The molecule has 1 N–H and O–H groups in total. The summed E-state index contributed by atoms with van der Waals surface area (Å²) < 4.78 is 1.73.